The minimum Gasteiger partial charge on any atom is -0.394 e. The van der Waals surface area contributed by atoms with E-state index in [9.17, 15) is 5.11 Å². The number of rotatable bonds is 5. The van der Waals surface area contributed by atoms with Gasteiger partial charge < -0.3 is 15.5 Å². The van der Waals surface area contributed by atoms with E-state index in [-0.39, 0.29) is 6.61 Å². The van der Waals surface area contributed by atoms with Gasteiger partial charge in [0.1, 0.15) is 0 Å². The van der Waals surface area contributed by atoms with Gasteiger partial charge in [0.05, 0.1) is 12.7 Å². The van der Waals surface area contributed by atoms with Crippen molar-refractivity contribution in [2.24, 2.45) is 0 Å². The Morgan fingerprint density at radius 1 is 1.11 bits per heavy atom. The number of aliphatic hydroxyl groups is 2. The van der Waals surface area contributed by atoms with Crippen molar-refractivity contribution in [3.8, 4) is 11.4 Å². The molecule has 18 heavy (non-hydrogen) atoms. The molecule has 2 rings (SSSR count). The monoisotopic (exact) mass is 245 g/mol. The highest BCUT2D eigenvalue weighted by molar-refractivity contribution is 5.59. The number of anilines is 1. The second kappa shape index (κ2) is 6.09. The van der Waals surface area contributed by atoms with Crippen LogP contribution in [0.4, 0.5) is 5.69 Å². The maximum absolute atomic E-state index is 9.22. The molecule has 0 radical (unpaired) electrons. The van der Waals surface area contributed by atoms with Crippen LogP contribution in [0.2, 0.25) is 0 Å². The third kappa shape index (κ3) is 3.26. The zero-order valence-electron chi connectivity index (χ0n) is 9.82. The zero-order valence-corrected chi connectivity index (χ0v) is 9.82. The van der Waals surface area contributed by atoms with Crippen LogP contribution in [0.15, 0.2) is 42.7 Å². The summed E-state index contributed by atoms with van der Waals surface area (Å²) in [5.41, 5.74) is 1.81. The summed E-state index contributed by atoms with van der Waals surface area (Å²) in [6.07, 6.45) is 2.65. The second-order valence-corrected chi connectivity index (χ2v) is 3.87. The van der Waals surface area contributed by atoms with Crippen molar-refractivity contribution in [2.45, 2.75) is 6.10 Å². The highest BCUT2D eigenvalue weighted by Gasteiger charge is 2.02. The summed E-state index contributed by atoms with van der Waals surface area (Å²) < 4.78 is 0. The van der Waals surface area contributed by atoms with Gasteiger partial charge in [-0.15, -0.1) is 0 Å². The molecule has 5 nitrogen and oxygen atoms in total. The van der Waals surface area contributed by atoms with Crippen molar-refractivity contribution in [3.05, 3.63) is 42.7 Å². The second-order valence-electron chi connectivity index (χ2n) is 3.87. The maximum atomic E-state index is 9.22. The van der Waals surface area contributed by atoms with E-state index >= 15 is 0 Å². The SMILES string of the molecule is OCC(O)CNc1ccc(-c2ncccn2)cc1. The van der Waals surface area contributed by atoms with E-state index in [0.717, 1.165) is 11.3 Å². The largest absolute Gasteiger partial charge is 0.394 e. The van der Waals surface area contributed by atoms with Crippen molar-refractivity contribution in [2.75, 3.05) is 18.5 Å². The molecule has 0 fully saturated rings. The van der Waals surface area contributed by atoms with E-state index in [2.05, 4.69) is 15.3 Å². The molecule has 1 heterocycles. The Morgan fingerprint density at radius 2 is 1.78 bits per heavy atom. The molecular weight excluding hydrogens is 230 g/mol. The van der Waals surface area contributed by atoms with E-state index in [1.54, 1.807) is 18.5 Å². The van der Waals surface area contributed by atoms with E-state index in [4.69, 9.17) is 5.11 Å². The summed E-state index contributed by atoms with van der Waals surface area (Å²) >= 11 is 0. The van der Waals surface area contributed by atoms with Crippen molar-refractivity contribution >= 4 is 5.69 Å². The molecule has 1 atom stereocenters. The molecule has 5 heteroatoms. The number of hydrogen-bond acceptors (Lipinski definition) is 5. The lowest BCUT2D eigenvalue weighted by Gasteiger charge is -2.10. The fourth-order valence-electron chi connectivity index (χ4n) is 1.49. The van der Waals surface area contributed by atoms with Crippen molar-refractivity contribution in [3.63, 3.8) is 0 Å². The Hall–Kier alpha value is -1.98. The lowest BCUT2D eigenvalue weighted by atomic mass is 10.2. The molecule has 0 saturated heterocycles. The first-order valence-corrected chi connectivity index (χ1v) is 5.70. The van der Waals surface area contributed by atoms with Crippen LogP contribution in [-0.2, 0) is 0 Å². The Morgan fingerprint density at radius 3 is 2.39 bits per heavy atom. The van der Waals surface area contributed by atoms with Gasteiger partial charge >= 0.3 is 0 Å². The first kappa shape index (κ1) is 12.5. The van der Waals surface area contributed by atoms with E-state index in [0.29, 0.717) is 12.4 Å². The van der Waals surface area contributed by atoms with Gasteiger partial charge in [0.25, 0.3) is 0 Å². The molecule has 1 aromatic heterocycles. The molecule has 0 bridgehead atoms. The van der Waals surface area contributed by atoms with E-state index in [1.165, 1.54) is 0 Å². The normalized spacial score (nSPS) is 12.1. The van der Waals surface area contributed by atoms with E-state index < -0.39 is 6.10 Å². The molecule has 0 aliphatic heterocycles. The van der Waals surface area contributed by atoms with Crippen molar-refractivity contribution in [1.82, 2.24) is 9.97 Å². The standard InChI is InChI=1S/C13H15N3O2/c17-9-12(18)8-16-11-4-2-10(3-5-11)13-14-6-1-7-15-13/h1-7,12,16-18H,8-9H2. The maximum Gasteiger partial charge on any atom is 0.159 e. The van der Waals surface area contributed by atoms with Gasteiger partial charge in [-0.3, -0.25) is 0 Å². The van der Waals surface area contributed by atoms with Crippen LogP contribution in [0, 0.1) is 0 Å². The molecular formula is C13H15N3O2. The predicted octanol–water partition coefficient (Wildman–Crippen LogP) is 0.909. The van der Waals surface area contributed by atoms with Crippen LogP contribution in [0.1, 0.15) is 0 Å². The summed E-state index contributed by atoms with van der Waals surface area (Å²) in [4.78, 5) is 8.32. The third-order valence-electron chi connectivity index (χ3n) is 2.46. The minimum absolute atomic E-state index is 0.247. The summed E-state index contributed by atoms with van der Waals surface area (Å²) in [5.74, 6) is 0.680. The molecule has 1 aromatic carbocycles. The van der Waals surface area contributed by atoms with Crippen molar-refractivity contribution in [1.29, 1.82) is 0 Å². The van der Waals surface area contributed by atoms with Gasteiger partial charge in [0, 0.05) is 30.2 Å². The molecule has 2 aromatic rings. The van der Waals surface area contributed by atoms with Gasteiger partial charge in [0.2, 0.25) is 0 Å². The van der Waals surface area contributed by atoms with Crippen LogP contribution in [0.3, 0.4) is 0 Å². The number of aliphatic hydroxyl groups excluding tert-OH is 2. The third-order valence-corrected chi connectivity index (χ3v) is 2.46. The summed E-state index contributed by atoms with van der Waals surface area (Å²) in [6, 6.07) is 9.35. The Kier molecular flexibility index (Phi) is 4.22. The Labute approximate surface area is 105 Å². The smallest absolute Gasteiger partial charge is 0.159 e. The van der Waals surface area contributed by atoms with Gasteiger partial charge in [-0.25, -0.2) is 9.97 Å². The highest BCUT2D eigenvalue weighted by atomic mass is 16.3. The van der Waals surface area contributed by atoms with Crippen LogP contribution in [0.5, 0.6) is 0 Å². The molecule has 0 aliphatic rings. The number of nitrogens with zero attached hydrogens (tertiary/aromatic N) is 2. The molecule has 3 N–H and O–H groups in total. The predicted molar refractivity (Wildman–Crippen MR) is 69.1 cm³/mol. The molecule has 0 saturated carbocycles. The fraction of sp³-hybridized carbons (Fsp3) is 0.231. The summed E-state index contributed by atoms with van der Waals surface area (Å²) in [7, 11) is 0. The average molecular weight is 245 g/mol. The lowest BCUT2D eigenvalue weighted by molar-refractivity contribution is 0.105. The number of nitrogens with one attached hydrogen (secondary N) is 1. The minimum atomic E-state index is -0.748. The Balaban J connectivity index is 2.02. The quantitative estimate of drug-likeness (QED) is 0.729. The van der Waals surface area contributed by atoms with Gasteiger partial charge in [0.15, 0.2) is 5.82 Å². The van der Waals surface area contributed by atoms with Crippen LogP contribution < -0.4 is 5.32 Å². The number of hydrogen-bond donors (Lipinski definition) is 3. The van der Waals surface area contributed by atoms with Crippen LogP contribution >= 0.6 is 0 Å². The molecule has 94 valence electrons. The average Bonchev–Trinajstić information content (AvgIpc) is 2.46. The van der Waals surface area contributed by atoms with Gasteiger partial charge in [-0.1, -0.05) is 0 Å². The van der Waals surface area contributed by atoms with Gasteiger partial charge in [-0.2, -0.15) is 0 Å². The summed E-state index contributed by atoms with van der Waals surface area (Å²) in [6.45, 7) is 0.0701. The molecule has 0 spiro atoms. The highest BCUT2D eigenvalue weighted by Crippen LogP contribution is 2.17. The first-order chi connectivity index (χ1) is 8.79. The lowest BCUT2D eigenvalue weighted by Crippen LogP contribution is -2.22. The summed E-state index contributed by atoms with van der Waals surface area (Å²) in [5, 5.41) is 20.9. The zero-order chi connectivity index (χ0) is 12.8. The molecule has 1 unspecified atom stereocenters. The number of benzene rings is 1. The van der Waals surface area contributed by atoms with Crippen molar-refractivity contribution < 1.29 is 10.2 Å². The molecule has 0 amide bonds. The molecule has 0 aliphatic carbocycles. The topological polar surface area (TPSA) is 78.3 Å². The van der Waals surface area contributed by atoms with E-state index in [1.807, 2.05) is 24.3 Å². The number of aromatic nitrogens is 2. The fourth-order valence-corrected chi connectivity index (χ4v) is 1.49. The van der Waals surface area contributed by atoms with Crippen LogP contribution in [0.25, 0.3) is 11.4 Å². The van der Waals surface area contributed by atoms with Crippen LogP contribution in [-0.4, -0.2) is 39.4 Å². The van der Waals surface area contributed by atoms with Gasteiger partial charge in [-0.05, 0) is 30.3 Å². The first-order valence-electron chi connectivity index (χ1n) is 5.70. The Bertz CT molecular complexity index is 473.